The number of non-ortho nitro benzene ring substituents is 1. The second kappa shape index (κ2) is 8.87. The number of amides is 1. The van der Waals surface area contributed by atoms with Crippen LogP contribution in [0.15, 0.2) is 18.2 Å². The summed E-state index contributed by atoms with van der Waals surface area (Å²) < 4.78 is 26.2. The molecule has 28 heavy (non-hydrogen) atoms. The van der Waals surface area contributed by atoms with E-state index in [1.54, 1.807) is 13.8 Å². The molecule has 0 radical (unpaired) electrons. The summed E-state index contributed by atoms with van der Waals surface area (Å²) in [6, 6.07) is 3.04. The minimum Gasteiger partial charge on any atom is -0.351 e. The molecule has 1 aromatic carbocycles. The number of carbonyl (C=O) groups is 1. The SMILES string of the molecule is CC[C@@H](C(=O)NC1CCN(C)CC1)N(c1cc([N+](=O)[O-])ccc1C)S(C)(=O)=O. The van der Waals surface area contributed by atoms with E-state index < -0.39 is 21.0 Å². The summed E-state index contributed by atoms with van der Waals surface area (Å²) in [6.45, 7) is 5.12. The number of benzene rings is 1. The first-order valence-corrected chi connectivity index (χ1v) is 11.1. The monoisotopic (exact) mass is 412 g/mol. The molecule has 0 spiro atoms. The molecule has 0 bridgehead atoms. The molecule has 1 amide bonds. The van der Waals surface area contributed by atoms with Crippen LogP contribution in [0.4, 0.5) is 11.4 Å². The average molecular weight is 413 g/mol. The van der Waals surface area contributed by atoms with Crippen molar-refractivity contribution in [2.24, 2.45) is 0 Å². The van der Waals surface area contributed by atoms with Gasteiger partial charge in [0, 0.05) is 18.2 Å². The molecular formula is C18H28N4O5S. The maximum Gasteiger partial charge on any atom is 0.271 e. The maximum absolute atomic E-state index is 13.0. The Morgan fingerprint density at radius 2 is 2.00 bits per heavy atom. The van der Waals surface area contributed by atoms with E-state index in [1.165, 1.54) is 18.2 Å². The summed E-state index contributed by atoms with van der Waals surface area (Å²) >= 11 is 0. The van der Waals surface area contributed by atoms with Crippen molar-refractivity contribution in [3.05, 3.63) is 33.9 Å². The molecule has 1 atom stereocenters. The van der Waals surface area contributed by atoms with Gasteiger partial charge in [-0.1, -0.05) is 13.0 Å². The molecule has 0 aromatic heterocycles. The van der Waals surface area contributed by atoms with Gasteiger partial charge in [0.1, 0.15) is 6.04 Å². The highest BCUT2D eigenvalue weighted by Gasteiger charge is 2.34. The van der Waals surface area contributed by atoms with Crippen LogP contribution in [-0.2, 0) is 14.8 Å². The molecule has 10 heteroatoms. The summed E-state index contributed by atoms with van der Waals surface area (Å²) in [5.74, 6) is -0.381. The van der Waals surface area contributed by atoms with E-state index in [-0.39, 0.29) is 29.7 Å². The first kappa shape index (κ1) is 22.1. The van der Waals surface area contributed by atoms with Crippen LogP contribution in [0.25, 0.3) is 0 Å². The van der Waals surface area contributed by atoms with Crippen LogP contribution in [0.3, 0.4) is 0 Å². The number of anilines is 1. The molecule has 0 aliphatic carbocycles. The van der Waals surface area contributed by atoms with Crippen LogP contribution in [0.2, 0.25) is 0 Å². The number of carbonyl (C=O) groups excluding carboxylic acids is 1. The molecule has 9 nitrogen and oxygen atoms in total. The van der Waals surface area contributed by atoms with Crippen LogP contribution in [0.1, 0.15) is 31.7 Å². The van der Waals surface area contributed by atoms with E-state index in [2.05, 4.69) is 10.2 Å². The van der Waals surface area contributed by atoms with Crippen molar-refractivity contribution in [3.63, 3.8) is 0 Å². The number of hydrogen-bond acceptors (Lipinski definition) is 6. The average Bonchev–Trinajstić information content (AvgIpc) is 2.61. The topological polar surface area (TPSA) is 113 Å². The van der Waals surface area contributed by atoms with E-state index in [1.807, 2.05) is 7.05 Å². The molecule has 1 N–H and O–H groups in total. The molecule has 156 valence electrons. The highest BCUT2D eigenvalue weighted by molar-refractivity contribution is 7.92. The largest absolute Gasteiger partial charge is 0.351 e. The van der Waals surface area contributed by atoms with Gasteiger partial charge in [0.15, 0.2) is 0 Å². The lowest BCUT2D eigenvalue weighted by molar-refractivity contribution is -0.384. The van der Waals surface area contributed by atoms with Crippen LogP contribution >= 0.6 is 0 Å². The normalized spacial score (nSPS) is 17.1. The number of nitrogens with zero attached hydrogens (tertiary/aromatic N) is 3. The minimum atomic E-state index is -3.85. The lowest BCUT2D eigenvalue weighted by Crippen LogP contribution is -2.53. The maximum atomic E-state index is 13.0. The Morgan fingerprint density at radius 1 is 1.39 bits per heavy atom. The number of rotatable bonds is 7. The van der Waals surface area contributed by atoms with Crippen LogP contribution in [0.5, 0.6) is 0 Å². The second-order valence-corrected chi connectivity index (χ2v) is 9.16. The fourth-order valence-electron chi connectivity index (χ4n) is 3.43. The standard InChI is InChI=1S/C18H28N4O5S/c1-5-16(18(23)19-14-8-10-20(3)11-9-14)21(28(4,26)27)17-12-15(22(24)25)7-6-13(17)2/h6-7,12,14,16H,5,8-11H2,1-4H3,(H,19,23)/t16-/m0/s1. The fourth-order valence-corrected chi connectivity index (χ4v) is 4.70. The van der Waals surface area contributed by atoms with Crippen LogP contribution in [-0.4, -0.2) is 62.6 Å². The highest BCUT2D eigenvalue weighted by atomic mass is 32.2. The molecule has 1 aliphatic heterocycles. The minimum absolute atomic E-state index is 0.00892. The zero-order valence-electron chi connectivity index (χ0n) is 16.7. The summed E-state index contributed by atoms with van der Waals surface area (Å²) in [5.41, 5.74) is 0.475. The number of sulfonamides is 1. The Kier molecular flexibility index (Phi) is 7.00. The Morgan fingerprint density at radius 3 is 2.50 bits per heavy atom. The summed E-state index contributed by atoms with van der Waals surface area (Å²) in [4.78, 5) is 25.7. The summed E-state index contributed by atoms with van der Waals surface area (Å²) in [5, 5.41) is 14.1. The van der Waals surface area contributed by atoms with Gasteiger partial charge in [-0.2, -0.15) is 0 Å². The van der Waals surface area contributed by atoms with Gasteiger partial charge in [-0.05, 0) is 51.9 Å². The van der Waals surface area contributed by atoms with Gasteiger partial charge in [-0.3, -0.25) is 19.2 Å². The number of aryl methyl sites for hydroxylation is 1. The van der Waals surface area contributed by atoms with E-state index in [4.69, 9.17) is 0 Å². The van der Waals surface area contributed by atoms with Crippen LogP contribution < -0.4 is 9.62 Å². The van der Waals surface area contributed by atoms with Gasteiger partial charge in [-0.15, -0.1) is 0 Å². The molecule has 1 aromatic rings. The Balaban J connectivity index is 2.37. The molecule has 0 unspecified atom stereocenters. The van der Waals surface area contributed by atoms with Gasteiger partial charge in [0.2, 0.25) is 15.9 Å². The molecule has 2 rings (SSSR count). The zero-order chi connectivity index (χ0) is 21.1. The van der Waals surface area contributed by atoms with E-state index in [9.17, 15) is 23.3 Å². The van der Waals surface area contributed by atoms with E-state index >= 15 is 0 Å². The number of nitrogens with one attached hydrogen (secondary N) is 1. The van der Waals surface area contributed by atoms with Crippen molar-refractivity contribution in [2.75, 3.05) is 30.7 Å². The number of hydrogen-bond donors (Lipinski definition) is 1. The van der Waals surface area contributed by atoms with Gasteiger partial charge < -0.3 is 10.2 Å². The molecule has 1 heterocycles. The predicted molar refractivity (Wildman–Crippen MR) is 108 cm³/mol. The smallest absolute Gasteiger partial charge is 0.271 e. The first-order valence-electron chi connectivity index (χ1n) is 9.28. The number of nitro groups is 1. The Hall–Kier alpha value is -2.20. The van der Waals surface area contributed by atoms with Crippen molar-refractivity contribution >= 4 is 27.3 Å². The molecule has 1 saturated heterocycles. The Bertz CT molecular complexity index is 834. The molecule has 1 aliphatic rings. The fraction of sp³-hybridized carbons (Fsp3) is 0.611. The van der Waals surface area contributed by atoms with E-state index in [0.29, 0.717) is 5.56 Å². The third-order valence-electron chi connectivity index (χ3n) is 5.04. The van der Waals surface area contributed by atoms with E-state index in [0.717, 1.165) is 36.5 Å². The van der Waals surface area contributed by atoms with Crippen molar-refractivity contribution in [2.45, 2.75) is 45.2 Å². The molecule has 1 fully saturated rings. The summed E-state index contributed by atoms with van der Waals surface area (Å²) in [6.07, 6.45) is 2.85. The van der Waals surface area contributed by atoms with Gasteiger partial charge in [0.25, 0.3) is 5.69 Å². The number of likely N-dealkylation sites (tertiary alicyclic amines) is 1. The molecular weight excluding hydrogens is 384 g/mol. The van der Waals surface area contributed by atoms with Gasteiger partial charge in [-0.25, -0.2) is 8.42 Å². The number of piperidine rings is 1. The third kappa shape index (κ3) is 5.20. The quantitative estimate of drug-likeness (QED) is 0.538. The van der Waals surface area contributed by atoms with Crippen LogP contribution in [0, 0.1) is 17.0 Å². The third-order valence-corrected chi connectivity index (χ3v) is 6.20. The van der Waals surface area contributed by atoms with Crippen molar-refractivity contribution in [3.8, 4) is 0 Å². The lowest BCUT2D eigenvalue weighted by Gasteiger charge is -2.34. The number of nitro benzene ring substituents is 1. The first-order chi connectivity index (χ1) is 13.0. The predicted octanol–water partition coefficient (Wildman–Crippen LogP) is 1.66. The molecule has 0 saturated carbocycles. The zero-order valence-corrected chi connectivity index (χ0v) is 17.5. The van der Waals surface area contributed by atoms with Crippen molar-refractivity contribution in [1.82, 2.24) is 10.2 Å². The van der Waals surface area contributed by atoms with Crippen molar-refractivity contribution < 1.29 is 18.1 Å². The van der Waals surface area contributed by atoms with Gasteiger partial charge >= 0.3 is 0 Å². The second-order valence-electron chi connectivity index (χ2n) is 7.30. The Labute approximate surface area is 165 Å². The van der Waals surface area contributed by atoms with Gasteiger partial charge in [0.05, 0.1) is 16.9 Å². The van der Waals surface area contributed by atoms with Crippen molar-refractivity contribution in [1.29, 1.82) is 0 Å². The summed E-state index contributed by atoms with van der Waals surface area (Å²) in [7, 11) is -1.83. The lowest BCUT2D eigenvalue weighted by atomic mass is 10.0. The highest BCUT2D eigenvalue weighted by Crippen LogP contribution is 2.30.